The molecule has 0 unspecified atom stereocenters. The number of carbonyl (C=O) groups is 2. The van der Waals surface area contributed by atoms with E-state index in [1.54, 1.807) is 0 Å². The molecule has 2 heterocycles. The molecule has 0 spiro atoms. The predicted molar refractivity (Wildman–Crippen MR) is 94.3 cm³/mol. The molecule has 1 aliphatic rings. The van der Waals surface area contributed by atoms with Crippen molar-refractivity contribution in [1.82, 2.24) is 20.5 Å². The number of benzene rings is 1. The highest BCUT2D eigenvalue weighted by molar-refractivity contribution is 5.74. The molecule has 1 fully saturated rings. The lowest BCUT2D eigenvalue weighted by atomic mass is 9.97. The summed E-state index contributed by atoms with van der Waals surface area (Å²) in [5, 5.41) is 5.61. The molecule has 0 atom stereocenters. The third kappa shape index (κ3) is 4.49. The number of nitrogens with zero attached hydrogens (tertiary/aromatic N) is 2. The van der Waals surface area contributed by atoms with Crippen LogP contribution in [0.15, 0.2) is 28.7 Å². The zero-order valence-corrected chi connectivity index (χ0v) is 14.5. The van der Waals surface area contributed by atoms with Gasteiger partial charge in [-0.3, -0.25) is 4.79 Å². The summed E-state index contributed by atoms with van der Waals surface area (Å²) < 4.78 is 5.85. The summed E-state index contributed by atoms with van der Waals surface area (Å²) in [6.45, 7) is 4.01. The van der Waals surface area contributed by atoms with Crippen LogP contribution in [-0.2, 0) is 4.79 Å². The van der Waals surface area contributed by atoms with E-state index in [4.69, 9.17) is 4.42 Å². The van der Waals surface area contributed by atoms with E-state index in [0.29, 0.717) is 26.2 Å². The van der Waals surface area contributed by atoms with Crippen LogP contribution in [0.3, 0.4) is 0 Å². The standard InChI is InChI=1S/C18H24N4O3/c1-13(23)19-9-4-10-20-18(24)22-11-7-14(8-12-22)17-21-15-5-2-3-6-16(15)25-17/h2-3,5-6,14H,4,7-12H2,1H3,(H,19,23)(H,20,24). The van der Waals surface area contributed by atoms with Crippen molar-refractivity contribution in [3.63, 3.8) is 0 Å². The molecule has 0 saturated carbocycles. The van der Waals surface area contributed by atoms with Crippen LogP contribution in [0.4, 0.5) is 4.79 Å². The molecule has 0 bridgehead atoms. The molecule has 134 valence electrons. The smallest absolute Gasteiger partial charge is 0.317 e. The molecule has 1 aromatic heterocycles. The number of aromatic nitrogens is 1. The van der Waals surface area contributed by atoms with Gasteiger partial charge in [0.15, 0.2) is 11.5 Å². The Balaban J connectivity index is 1.43. The lowest BCUT2D eigenvalue weighted by Gasteiger charge is -2.30. The molecule has 25 heavy (non-hydrogen) atoms. The van der Waals surface area contributed by atoms with E-state index in [0.717, 1.165) is 36.3 Å². The summed E-state index contributed by atoms with van der Waals surface area (Å²) in [7, 11) is 0. The van der Waals surface area contributed by atoms with Gasteiger partial charge in [-0.1, -0.05) is 12.1 Å². The fourth-order valence-corrected chi connectivity index (χ4v) is 3.05. The second kappa shape index (κ2) is 8.00. The van der Waals surface area contributed by atoms with E-state index in [1.807, 2.05) is 29.2 Å². The molecule has 3 amide bonds. The largest absolute Gasteiger partial charge is 0.440 e. The third-order valence-corrected chi connectivity index (χ3v) is 4.45. The van der Waals surface area contributed by atoms with E-state index in [1.165, 1.54) is 6.92 Å². The van der Waals surface area contributed by atoms with Gasteiger partial charge in [0.1, 0.15) is 5.52 Å². The van der Waals surface area contributed by atoms with Crippen molar-refractivity contribution >= 4 is 23.0 Å². The van der Waals surface area contributed by atoms with Gasteiger partial charge in [-0.25, -0.2) is 9.78 Å². The quantitative estimate of drug-likeness (QED) is 0.814. The van der Waals surface area contributed by atoms with Gasteiger partial charge in [0.05, 0.1) is 0 Å². The van der Waals surface area contributed by atoms with Gasteiger partial charge in [-0.05, 0) is 31.4 Å². The number of hydrogen-bond acceptors (Lipinski definition) is 4. The number of fused-ring (bicyclic) bond motifs is 1. The Morgan fingerprint density at radius 1 is 1.20 bits per heavy atom. The zero-order chi connectivity index (χ0) is 17.6. The molecule has 7 nitrogen and oxygen atoms in total. The Hall–Kier alpha value is -2.57. The minimum absolute atomic E-state index is 0.0427. The van der Waals surface area contributed by atoms with Crippen molar-refractivity contribution < 1.29 is 14.0 Å². The first-order valence-electron chi connectivity index (χ1n) is 8.76. The Kier molecular flexibility index (Phi) is 5.53. The molecule has 1 saturated heterocycles. The van der Waals surface area contributed by atoms with Gasteiger partial charge < -0.3 is 20.0 Å². The van der Waals surface area contributed by atoms with Gasteiger partial charge in [-0.15, -0.1) is 0 Å². The van der Waals surface area contributed by atoms with Crippen molar-refractivity contribution in [2.24, 2.45) is 0 Å². The first-order valence-corrected chi connectivity index (χ1v) is 8.76. The Morgan fingerprint density at radius 2 is 1.92 bits per heavy atom. The molecule has 2 N–H and O–H groups in total. The zero-order valence-electron chi connectivity index (χ0n) is 14.5. The van der Waals surface area contributed by atoms with Crippen LogP contribution in [0.1, 0.15) is 38.0 Å². The second-order valence-corrected chi connectivity index (χ2v) is 6.35. The first kappa shape index (κ1) is 17.3. The van der Waals surface area contributed by atoms with Gasteiger partial charge in [0, 0.05) is 39.0 Å². The molecule has 1 aliphatic heterocycles. The number of urea groups is 1. The normalized spacial score (nSPS) is 15.3. The van der Waals surface area contributed by atoms with Crippen molar-refractivity contribution in [1.29, 1.82) is 0 Å². The number of piperidine rings is 1. The van der Waals surface area contributed by atoms with Crippen LogP contribution < -0.4 is 10.6 Å². The maximum absolute atomic E-state index is 12.2. The van der Waals surface area contributed by atoms with Crippen LogP contribution in [0.25, 0.3) is 11.1 Å². The summed E-state index contributed by atoms with van der Waals surface area (Å²) in [6, 6.07) is 7.73. The van der Waals surface area contributed by atoms with Gasteiger partial charge >= 0.3 is 6.03 Å². The number of carbonyl (C=O) groups excluding carboxylic acids is 2. The highest BCUT2D eigenvalue weighted by Gasteiger charge is 2.26. The Bertz CT molecular complexity index is 702. The number of oxazole rings is 1. The molecular weight excluding hydrogens is 320 g/mol. The number of amides is 3. The lowest BCUT2D eigenvalue weighted by molar-refractivity contribution is -0.118. The highest BCUT2D eigenvalue weighted by atomic mass is 16.3. The summed E-state index contributed by atoms with van der Waals surface area (Å²) in [6.07, 6.45) is 2.43. The maximum Gasteiger partial charge on any atom is 0.317 e. The summed E-state index contributed by atoms with van der Waals surface area (Å²) in [4.78, 5) is 29.3. The topological polar surface area (TPSA) is 87.5 Å². The van der Waals surface area contributed by atoms with E-state index in [2.05, 4.69) is 15.6 Å². The first-order chi connectivity index (χ1) is 12.1. The van der Waals surface area contributed by atoms with Crippen LogP contribution in [0.2, 0.25) is 0 Å². The molecule has 0 radical (unpaired) electrons. The van der Waals surface area contributed by atoms with Crippen LogP contribution in [0.5, 0.6) is 0 Å². The average molecular weight is 344 g/mol. The fourth-order valence-electron chi connectivity index (χ4n) is 3.05. The molecule has 2 aromatic rings. The Morgan fingerprint density at radius 3 is 2.64 bits per heavy atom. The van der Waals surface area contributed by atoms with Gasteiger partial charge in [0.2, 0.25) is 5.91 Å². The number of likely N-dealkylation sites (tertiary alicyclic amines) is 1. The Labute approximate surface area is 146 Å². The highest BCUT2D eigenvalue weighted by Crippen LogP contribution is 2.29. The van der Waals surface area contributed by atoms with E-state index in [9.17, 15) is 9.59 Å². The molecule has 3 rings (SSSR count). The van der Waals surface area contributed by atoms with Crippen LogP contribution in [-0.4, -0.2) is 48.0 Å². The number of rotatable bonds is 5. The SMILES string of the molecule is CC(=O)NCCCNC(=O)N1CCC(c2nc3ccccc3o2)CC1. The molecular formula is C18H24N4O3. The van der Waals surface area contributed by atoms with Crippen LogP contribution in [0, 0.1) is 0 Å². The predicted octanol–water partition coefficient (Wildman–Crippen LogP) is 2.24. The maximum atomic E-state index is 12.2. The van der Waals surface area contributed by atoms with E-state index >= 15 is 0 Å². The van der Waals surface area contributed by atoms with Crippen molar-refractivity contribution in [3.8, 4) is 0 Å². The lowest BCUT2D eigenvalue weighted by Crippen LogP contribution is -2.44. The molecule has 0 aliphatic carbocycles. The third-order valence-electron chi connectivity index (χ3n) is 4.45. The van der Waals surface area contributed by atoms with E-state index in [-0.39, 0.29) is 17.9 Å². The van der Waals surface area contributed by atoms with Gasteiger partial charge in [-0.2, -0.15) is 0 Å². The number of hydrogen-bond donors (Lipinski definition) is 2. The molecule has 1 aromatic carbocycles. The summed E-state index contributed by atoms with van der Waals surface area (Å²) >= 11 is 0. The van der Waals surface area contributed by atoms with Crippen molar-refractivity contribution in [2.45, 2.75) is 32.1 Å². The van der Waals surface area contributed by atoms with Crippen molar-refractivity contribution in [2.75, 3.05) is 26.2 Å². The van der Waals surface area contributed by atoms with Crippen LogP contribution >= 0.6 is 0 Å². The minimum atomic E-state index is -0.0485. The summed E-state index contributed by atoms with van der Waals surface area (Å²) in [5.41, 5.74) is 1.70. The van der Waals surface area contributed by atoms with Gasteiger partial charge in [0.25, 0.3) is 0 Å². The minimum Gasteiger partial charge on any atom is -0.440 e. The number of nitrogens with one attached hydrogen (secondary N) is 2. The fraction of sp³-hybridized carbons (Fsp3) is 0.500. The molecule has 7 heteroatoms. The van der Waals surface area contributed by atoms with Crippen molar-refractivity contribution in [3.05, 3.63) is 30.2 Å². The number of para-hydroxylation sites is 2. The van der Waals surface area contributed by atoms with E-state index < -0.39 is 0 Å². The monoisotopic (exact) mass is 344 g/mol. The second-order valence-electron chi connectivity index (χ2n) is 6.35. The average Bonchev–Trinajstić information content (AvgIpc) is 3.05. The summed E-state index contributed by atoms with van der Waals surface area (Å²) in [5.74, 6) is 0.986.